The van der Waals surface area contributed by atoms with Gasteiger partial charge in [-0.05, 0) is 22.6 Å². The standard InChI is InChI=1S/C21H19N5O/c27-21(25-20-7-3-5-18-4-1-2-6-19(18)20)23-12-16-8-10-17(11-9-16)13-26-15-22-14-24-26/h1-11,14-15H,12-13H2,(H2,23,25,27). The summed E-state index contributed by atoms with van der Waals surface area (Å²) in [5.74, 6) is 0. The number of aromatic nitrogens is 3. The third kappa shape index (κ3) is 4.12. The maximum Gasteiger partial charge on any atom is 0.319 e. The molecule has 4 aromatic rings. The third-order valence-electron chi connectivity index (χ3n) is 4.33. The number of amides is 2. The molecule has 0 aliphatic heterocycles. The molecule has 0 spiro atoms. The fourth-order valence-corrected chi connectivity index (χ4v) is 2.95. The van der Waals surface area contributed by atoms with E-state index in [1.807, 2.05) is 66.7 Å². The number of fused-ring (bicyclic) bond motifs is 1. The highest BCUT2D eigenvalue weighted by molar-refractivity contribution is 6.01. The molecule has 0 saturated heterocycles. The summed E-state index contributed by atoms with van der Waals surface area (Å²) in [4.78, 5) is 16.2. The molecule has 0 aliphatic carbocycles. The van der Waals surface area contributed by atoms with Crippen molar-refractivity contribution in [3.8, 4) is 0 Å². The molecule has 2 amide bonds. The van der Waals surface area contributed by atoms with E-state index in [-0.39, 0.29) is 6.03 Å². The molecule has 0 atom stereocenters. The van der Waals surface area contributed by atoms with E-state index in [0.29, 0.717) is 13.1 Å². The van der Waals surface area contributed by atoms with Gasteiger partial charge in [-0.25, -0.2) is 14.5 Å². The Morgan fingerprint density at radius 2 is 1.70 bits per heavy atom. The summed E-state index contributed by atoms with van der Waals surface area (Å²) < 4.78 is 1.77. The van der Waals surface area contributed by atoms with E-state index in [1.54, 1.807) is 11.0 Å². The number of carbonyl (C=O) groups excluding carboxylic acids is 1. The van der Waals surface area contributed by atoms with Gasteiger partial charge in [0.25, 0.3) is 0 Å². The molecule has 27 heavy (non-hydrogen) atoms. The first kappa shape index (κ1) is 16.8. The molecule has 4 rings (SSSR count). The Bertz CT molecular complexity index is 1040. The van der Waals surface area contributed by atoms with Crippen LogP contribution in [0.5, 0.6) is 0 Å². The molecule has 1 aromatic heterocycles. The van der Waals surface area contributed by atoms with Crippen LogP contribution in [0.3, 0.4) is 0 Å². The highest BCUT2D eigenvalue weighted by Gasteiger charge is 2.05. The summed E-state index contributed by atoms with van der Waals surface area (Å²) in [7, 11) is 0. The van der Waals surface area contributed by atoms with E-state index in [4.69, 9.17) is 0 Å². The zero-order chi connectivity index (χ0) is 18.5. The van der Waals surface area contributed by atoms with E-state index in [9.17, 15) is 4.79 Å². The molecular formula is C21H19N5O. The smallest absolute Gasteiger partial charge is 0.319 e. The topological polar surface area (TPSA) is 71.8 Å². The van der Waals surface area contributed by atoms with E-state index < -0.39 is 0 Å². The SMILES string of the molecule is O=C(NCc1ccc(Cn2cncn2)cc1)Nc1cccc2ccccc12. The van der Waals surface area contributed by atoms with Gasteiger partial charge < -0.3 is 10.6 Å². The van der Waals surface area contributed by atoms with Gasteiger partial charge in [-0.2, -0.15) is 5.10 Å². The first-order chi connectivity index (χ1) is 13.3. The summed E-state index contributed by atoms with van der Waals surface area (Å²) >= 11 is 0. The second-order valence-corrected chi connectivity index (χ2v) is 6.24. The van der Waals surface area contributed by atoms with Gasteiger partial charge in [-0.1, -0.05) is 60.7 Å². The van der Waals surface area contributed by atoms with Crippen molar-refractivity contribution in [2.45, 2.75) is 13.1 Å². The number of urea groups is 1. The van der Waals surface area contributed by atoms with E-state index in [2.05, 4.69) is 20.7 Å². The van der Waals surface area contributed by atoms with Crippen molar-refractivity contribution >= 4 is 22.5 Å². The minimum atomic E-state index is -0.224. The van der Waals surface area contributed by atoms with Crippen molar-refractivity contribution in [1.29, 1.82) is 0 Å². The molecule has 0 unspecified atom stereocenters. The Morgan fingerprint density at radius 3 is 2.52 bits per heavy atom. The number of benzene rings is 3. The Labute approximate surface area is 156 Å². The average molecular weight is 357 g/mol. The van der Waals surface area contributed by atoms with Crippen LogP contribution in [-0.4, -0.2) is 20.8 Å². The van der Waals surface area contributed by atoms with Crippen molar-refractivity contribution in [1.82, 2.24) is 20.1 Å². The van der Waals surface area contributed by atoms with Crippen LogP contribution in [0.1, 0.15) is 11.1 Å². The van der Waals surface area contributed by atoms with Gasteiger partial charge >= 0.3 is 6.03 Å². The van der Waals surface area contributed by atoms with Gasteiger partial charge in [0.1, 0.15) is 12.7 Å². The second kappa shape index (κ2) is 7.70. The van der Waals surface area contributed by atoms with Gasteiger partial charge in [0.2, 0.25) is 0 Å². The van der Waals surface area contributed by atoms with Crippen LogP contribution >= 0.6 is 0 Å². The van der Waals surface area contributed by atoms with Crippen molar-refractivity contribution < 1.29 is 4.79 Å². The molecule has 0 fully saturated rings. The van der Waals surface area contributed by atoms with Crippen molar-refractivity contribution in [3.63, 3.8) is 0 Å². The maximum atomic E-state index is 12.3. The van der Waals surface area contributed by atoms with Gasteiger partial charge in [-0.15, -0.1) is 0 Å². The number of nitrogens with one attached hydrogen (secondary N) is 2. The van der Waals surface area contributed by atoms with Gasteiger partial charge in [0.15, 0.2) is 0 Å². The normalized spacial score (nSPS) is 10.7. The molecule has 0 radical (unpaired) electrons. The predicted molar refractivity (Wildman–Crippen MR) is 105 cm³/mol. The first-order valence-electron chi connectivity index (χ1n) is 8.71. The number of nitrogens with zero attached hydrogens (tertiary/aromatic N) is 3. The third-order valence-corrected chi connectivity index (χ3v) is 4.33. The van der Waals surface area contributed by atoms with Crippen molar-refractivity contribution in [2.24, 2.45) is 0 Å². The Balaban J connectivity index is 1.35. The molecule has 0 aliphatic rings. The lowest BCUT2D eigenvalue weighted by Crippen LogP contribution is -2.28. The number of rotatable bonds is 5. The molecule has 1 heterocycles. The quantitative estimate of drug-likeness (QED) is 0.571. The Kier molecular flexibility index (Phi) is 4.78. The minimum Gasteiger partial charge on any atom is -0.334 e. The molecule has 2 N–H and O–H groups in total. The summed E-state index contributed by atoms with van der Waals surface area (Å²) in [5.41, 5.74) is 2.96. The number of anilines is 1. The molecule has 0 saturated carbocycles. The summed E-state index contributed by atoms with van der Waals surface area (Å²) in [6, 6.07) is 21.7. The summed E-state index contributed by atoms with van der Waals surface area (Å²) in [6.45, 7) is 1.13. The van der Waals surface area contributed by atoms with Crippen LogP contribution < -0.4 is 10.6 Å². The summed E-state index contributed by atoms with van der Waals surface area (Å²) in [5, 5.41) is 12.0. The van der Waals surface area contributed by atoms with E-state index >= 15 is 0 Å². The van der Waals surface area contributed by atoms with Crippen LogP contribution in [0, 0.1) is 0 Å². The molecule has 134 valence electrons. The van der Waals surface area contributed by atoms with Crippen molar-refractivity contribution in [3.05, 3.63) is 90.5 Å². The van der Waals surface area contributed by atoms with Crippen LogP contribution in [0.2, 0.25) is 0 Å². The number of hydrogen-bond donors (Lipinski definition) is 2. The lowest BCUT2D eigenvalue weighted by Gasteiger charge is -2.10. The Hall–Kier alpha value is -3.67. The first-order valence-corrected chi connectivity index (χ1v) is 8.71. The molecule has 6 heteroatoms. The van der Waals surface area contributed by atoms with Crippen LogP contribution in [0.25, 0.3) is 10.8 Å². The van der Waals surface area contributed by atoms with E-state index in [0.717, 1.165) is 27.6 Å². The fourth-order valence-electron chi connectivity index (χ4n) is 2.95. The Morgan fingerprint density at radius 1 is 0.926 bits per heavy atom. The van der Waals surface area contributed by atoms with Crippen LogP contribution in [0.4, 0.5) is 10.5 Å². The van der Waals surface area contributed by atoms with Crippen LogP contribution in [0.15, 0.2) is 79.4 Å². The number of hydrogen-bond acceptors (Lipinski definition) is 3. The lowest BCUT2D eigenvalue weighted by molar-refractivity contribution is 0.252. The van der Waals surface area contributed by atoms with E-state index in [1.165, 1.54) is 6.33 Å². The lowest BCUT2D eigenvalue weighted by atomic mass is 10.1. The summed E-state index contributed by atoms with van der Waals surface area (Å²) in [6.07, 6.45) is 3.21. The average Bonchev–Trinajstić information content (AvgIpc) is 3.21. The van der Waals surface area contributed by atoms with Gasteiger partial charge in [0, 0.05) is 11.9 Å². The second-order valence-electron chi connectivity index (χ2n) is 6.24. The highest BCUT2D eigenvalue weighted by Crippen LogP contribution is 2.22. The molecule has 3 aromatic carbocycles. The molecular weight excluding hydrogens is 338 g/mol. The van der Waals surface area contributed by atoms with Gasteiger partial charge in [0.05, 0.1) is 12.2 Å². The molecule has 0 bridgehead atoms. The monoisotopic (exact) mass is 357 g/mol. The number of carbonyl (C=O) groups is 1. The van der Waals surface area contributed by atoms with Crippen molar-refractivity contribution in [2.75, 3.05) is 5.32 Å². The minimum absolute atomic E-state index is 0.224. The highest BCUT2D eigenvalue weighted by atomic mass is 16.2. The zero-order valence-corrected chi connectivity index (χ0v) is 14.7. The predicted octanol–water partition coefficient (Wildman–Crippen LogP) is 3.80. The van der Waals surface area contributed by atoms with Gasteiger partial charge in [-0.3, -0.25) is 0 Å². The largest absolute Gasteiger partial charge is 0.334 e. The zero-order valence-electron chi connectivity index (χ0n) is 14.7. The maximum absolute atomic E-state index is 12.3. The fraction of sp³-hybridized carbons (Fsp3) is 0.0952. The molecule has 6 nitrogen and oxygen atoms in total. The van der Waals surface area contributed by atoms with Crippen LogP contribution in [-0.2, 0) is 13.1 Å².